The number of aliphatic hydroxyl groups is 1. The molecule has 2 N–H and O–H groups in total. The summed E-state index contributed by atoms with van der Waals surface area (Å²) in [5, 5.41) is 13.5. The number of azide groups is 1. The molecule has 0 aromatic carbocycles. The molecule has 1 aromatic rings. The first-order chi connectivity index (χ1) is 9.41. The Kier molecular flexibility index (Phi) is 3.67. The van der Waals surface area contributed by atoms with Crippen molar-refractivity contribution in [3.63, 3.8) is 0 Å². The molecule has 1 saturated heterocycles. The molecule has 9 heteroatoms. The minimum Gasteiger partial charge on any atom is -0.381 e. The molecule has 1 fully saturated rings. The summed E-state index contributed by atoms with van der Waals surface area (Å²) in [5.74, 6) is 0. The van der Waals surface area contributed by atoms with Crippen LogP contribution in [0.1, 0.15) is 32.1 Å². The summed E-state index contributed by atoms with van der Waals surface area (Å²) in [5.41, 5.74) is 6.12. The second-order valence-corrected chi connectivity index (χ2v) is 4.68. The summed E-state index contributed by atoms with van der Waals surface area (Å²) in [4.78, 5) is 28.1. The SMILES string of the molecule is CCc1cn([C@H]2C[C@@](O)(N=[N+]=[N-])[C@@H](C)O2)c(=O)[nH]c1=O. The average molecular weight is 281 g/mol. The molecule has 1 aromatic heterocycles. The van der Waals surface area contributed by atoms with Crippen LogP contribution in [0.5, 0.6) is 0 Å². The lowest BCUT2D eigenvalue weighted by Crippen LogP contribution is -2.34. The Morgan fingerprint density at radius 2 is 2.40 bits per heavy atom. The van der Waals surface area contributed by atoms with E-state index in [0.717, 1.165) is 0 Å². The second kappa shape index (κ2) is 5.12. The summed E-state index contributed by atoms with van der Waals surface area (Å²) in [6.07, 6.45) is 0.245. The lowest BCUT2D eigenvalue weighted by atomic mass is 10.1. The molecule has 0 saturated carbocycles. The van der Waals surface area contributed by atoms with Gasteiger partial charge in [-0.15, -0.1) is 0 Å². The van der Waals surface area contributed by atoms with Crippen LogP contribution in [0.2, 0.25) is 0 Å². The van der Waals surface area contributed by atoms with Crippen molar-refractivity contribution in [2.45, 2.75) is 44.7 Å². The first-order valence-corrected chi connectivity index (χ1v) is 6.19. The number of ether oxygens (including phenoxy) is 1. The summed E-state index contributed by atoms with van der Waals surface area (Å²) in [7, 11) is 0. The Bertz CT molecular complexity index is 674. The van der Waals surface area contributed by atoms with Crippen molar-refractivity contribution < 1.29 is 9.84 Å². The van der Waals surface area contributed by atoms with Crippen molar-refractivity contribution in [1.82, 2.24) is 9.55 Å². The van der Waals surface area contributed by atoms with E-state index >= 15 is 0 Å². The molecule has 9 nitrogen and oxygen atoms in total. The molecule has 0 radical (unpaired) electrons. The van der Waals surface area contributed by atoms with E-state index in [-0.39, 0.29) is 6.42 Å². The number of rotatable bonds is 3. The second-order valence-electron chi connectivity index (χ2n) is 4.68. The lowest BCUT2D eigenvalue weighted by molar-refractivity contribution is -0.0460. The average Bonchev–Trinajstić information content (AvgIpc) is 2.66. The first-order valence-electron chi connectivity index (χ1n) is 6.19. The first kappa shape index (κ1) is 14.3. The number of nitrogens with one attached hydrogen (secondary N) is 1. The fourth-order valence-corrected chi connectivity index (χ4v) is 2.17. The Labute approximate surface area is 113 Å². The van der Waals surface area contributed by atoms with Crippen molar-refractivity contribution in [2.24, 2.45) is 5.11 Å². The van der Waals surface area contributed by atoms with Crippen LogP contribution in [0.3, 0.4) is 0 Å². The van der Waals surface area contributed by atoms with E-state index in [9.17, 15) is 14.7 Å². The van der Waals surface area contributed by atoms with Gasteiger partial charge in [0.2, 0.25) is 0 Å². The number of hydrogen-bond donors (Lipinski definition) is 2. The minimum absolute atomic E-state index is 0.0622. The molecule has 108 valence electrons. The van der Waals surface area contributed by atoms with Crippen molar-refractivity contribution in [3.05, 3.63) is 43.0 Å². The van der Waals surface area contributed by atoms with Crippen LogP contribution in [-0.4, -0.2) is 26.5 Å². The van der Waals surface area contributed by atoms with Gasteiger partial charge in [0.25, 0.3) is 5.56 Å². The fraction of sp³-hybridized carbons (Fsp3) is 0.636. The van der Waals surface area contributed by atoms with Gasteiger partial charge in [0.05, 0.1) is 6.10 Å². The quantitative estimate of drug-likeness (QED) is 0.471. The zero-order chi connectivity index (χ0) is 14.9. The van der Waals surface area contributed by atoms with Gasteiger partial charge in [0.15, 0.2) is 5.72 Å². The Balaban J connectivity index is 2.42. The van der Waals surface area contributed by atoms with Gasteiger partial charge in [0, 0.05) is 23.1 Å². The Hall–Kier alpha value is -2.09. The third-order valence-electron chi connectivity index (χ3n) is 3.44. The van der Waals surface area contributed by atoms with Gasteiger partial charge in [-0.3, -0.25) is 14.3 Å². The van der Waals surface area contributed by atoms with Gasteiger partial charge in [-0.05, 0) is 18.9 Å². The predicted octanol–water partition coefficient (Wildman–Crippen LogP) is 0.405. The van der Waals surface area contributed by atoms with Crippen LogP contribution in [-0.2, 0) is 11.2 Å². The van der Waals surface area contributed by atoms with Gasteiger partial charge >= 0.3 is 5.69 Å². The normalized spacial score (nSPS) is 29.1. The molecule has 2 rings (SSSR count). The number of H-pyrrole nitrogens is 1. The summed E-state index contributed by atoms with van der Waals surface area (Å²) >= 11 is 0. The fourth-order valence-electron chi connectivity index (χ4n) is 2.17. The maximum atomic E-state index is 11.8. The van der Waals surface area contributed by atoms with E-state index in [1.54, 1.807) is 13.8 Å². The van der Waals surface area contributed by atoms with Gasteiger partial charge < -0.3 is 9.84 Å². The van der Waals surface area contributed by atoms with E-state index in [0.29, 0.717) is 12.0 Å². The summed E-state index contributed by atoms with van der Waals surface area (Å²) < 4.78 is 6.66. The van der Waals surface area contributed by atoms with Crippen LogP contribution >= 0.6 is 0 Å². The van der Waals surface area contributed by atoms with Gasteiger partial charge in [-0.1, -0.05) is 12.0 Å². The van der Waals surface area contributed by atoms with E-state index < -0.39 is 29.3 Å². The molecule has 1 aliphatic rings. The number of aryl methyl sites for hydroxylation is 1. The van der Waals surface area contributed by atoms with Gasteiger partial charge in [0.1, 0.15) is 6.23 Å². The van der Waals surface area contributed by atoms with E-state index in [2.05, 4.69) is 15.0 Å². The smallest absolute Gasteiger partial charge is 0.330 e. The standard InChI is InChI=1S/C11H15N5O4/c1-3-7-5-16(10(18)13-9(7)17)8-4-11(19,14-15-12)6(2)20-8/h5-6,8,19H,3-4H2,1-2H3,(H,13,17,18)/t6-,8-,11+/m1/s1. The number of aromatic amines is 1. The zero-order valence-electron chi connectivity index (χ0n) is 11.1. The van der Waals surface area contributed by atoms with Crippen LogP contribution in [0.25, 0.3) is 10.4 Å². The zero-order valence-corrected chi connectivity index (χ0v) is 11.1. The predicted molar refractivity (Wildman–Crippen MR) is 69.0 cm³/mol. The van der Waals surface area contributed by atoms with Crippen LogP contribution in [0, 0.1) is 0 Å². The number of hydrogen-bond acceptors (Lipinski definition) is 5. The van der Waals surface area contributed by atoms with Crippen molar-refractivity contribution in [1.29, 1.82) is 0 Å². The highest BCUT2D eigenvalue weighted by atomic mass is 16.5. The minimum atomic E-state index is -1.71. The lowest BCUT2D eigenvalue weighted by Gasteiger charge is -2.17. The molecule has 0 spiro atoms. The Morgan fingerprint density at radius 3 is 3.00 bits per heavy atom. The maximum absolute atomic E-state index is 11.8. The van der Waals surface area contributed by atoms with Gasteiger partial charge in [-0.25, -0.2) is 4.79 Å². The largest absolute Gasteiger partial charge is 0.381 e. The maximum Gasteiger partial charge on any atom is 0.330 e. The molecule has 3 atom stereocenters. The molecule has 0 aliphatic carbocycles. The monoisotopic (exact) mass is 281 g/mol. The molecule has 0 unspecified atom stereocenters. The topological polar surface area (TPSA) is 133 Å². The summed E-state index contributed by atoms with van der Waals surface area (Å²) in [6, 6.07) is 0. The van der Waals surface area contributed by atoms with Crippen molar-refractivity contribution in [3.8, 4) is 0 Å². The molecule has 2 heterocycles. The highest BCUT2D eigenvalue weighted by Gasteiger charge is 2.45. The highest BCUT2D eigenvalue weighted by Crippen LogP contribution is 2.36. The third-order valence-corrected chi connectivity index (χ3v) is 3.44. The molecular formula is C11H15N5O4. The molecule has 0 bridgehead atoms. The molecule has 1 aliphatic heterocycles. The van der Waals surface area contributed by atoms with Gasteiger partial charge in [-0.2, -0.15) is 0 Å². The van der Waals surface area contributed by atoms with Crippen LogP contribution in [0.15, 0.2) is 20.9 Å². The van der Waals surface area contributed by atoms with E-state index in [1.165, 1.54) is 10.8 Å². The molecule has 0 amide bonds. The molecular weight excluding hydrogens is 266 g/mol. The van der Waals surface area contributed by atoms with Crippen LogP contribution in [0.4, 0.5) is 0 Å². The van der Waals surface area contributed by atoms with E-state index in [1.807, 2.05) is 0 Å². The third kappa shape index (κ3) is 2.34. The Morgan fingerprint density at radius 1 is 1.70 bits per heavy atom. The van der Waals surface area contributed by atoms with Crippen molar-refractivity contribution in [2.75, 3.05) is 0 Å². The van der Waals surface area contributed by atoms with Crippen molar-refractivity contribution >= 4 is 0 Å². The molecule has 20 heavy (non-hydrogen) atoms. The van der Waals surface area contributed by atoms with E-state index in [4.69, 9.17) is 10.3 Å². The summed E-state index contributed by atoms with van der Waals surface area (Å²) in [6.45, 7) is 3.33. The number of aromatic nitrogens is 2. The highest BCUT2D eigenvalue weighted by molar-refractivity contribution is 5.05. The number of nitrogens with zero attached hydrogens (tertiary/aromatic N) is 4. The van der Waals surface area contributed by atoms with Crippen LogP contribution < -0.4 is 11.2 Å².